The lowest BCUT2D eigenvalue weighted by Crippen LogP contribution is -2.14. The zero-order valence-corrected chi connectivity index (χ0v) is 18.4. The van der Waals surface area contributed by atoms with Crippen LogP contribution in [-0.2, 0) is 20.8 Å². The summed E-state index contributed by atoms with van der Waals surface area (Å²) in [5.41, 5.74) is 14.0. The van der Waals surface area contributed by atoms with E-state index >= 15 is 0 Å². The number of ether oxygens (including phenoxy) is 2. The quantitative estimate of drug-likeness (QED) is 0.420. The van der Waals surface area contributed by atoms with Crippen LogP contribution in [0.5, 0.6) is 0 Å². The number of aromatic nitrogens is 4. The van der Waals surface area contributed by atoms with E-state index in [0.29, 0.717) is 28.0 Å². The third-order valence-corrected chi connectivity index (χ3v) is 5.92. The molecule has 0 saturated carbocycles. The first-order valence-electron chi connectivity index (χ1n) is 10.1. The third kappa shape index (κ3) is 4.10. The van der Waals surface area contributed by atoms with Crippen molar-refractivity contribution in [3.8, 4) is 11.3 Å². The number of nitrogens with zero attached hydrogens (tertiary/aromatic N) is 4. The van der Waals surface area contributed by atoms with Gasteiger partial charge in [-0.2, -0.15) is 0 Å². The van der Waals surface area contributed by atoms with Gasteiger partial charge < -0.3 is 29.9 Å². The van der Waals surface area contributed by atoms with Gasteiger partial charge in [-0.3, -0.25) is 4.79 Å². The molecule has 0 saturated heterocycles. The van der Waals surface area contributed by atoms with Gasteiger partial charge in [0.05, 0.1) is 0 Å². The summed E-state index contributed by atoms with van der Waals surface area (Å²) in [6, 6.07) is 11.6. The summed E-state index contributed by atoms with van der Waals surface area (Å²) >= 11 is 1.23. The van der Waals surface area contributed by atoms with Crippen molar-refractivity contribution in [3.63, 3.8) is 0 Å². The van der Waals surface area contributed by atoms with Gasteiger partial charge in [0.15, 0.2) is 22.1 Å². The molecular formula is C22H20N6O4S. The zero-order valence-electron chi connectivity index (χ0n) is 17.6. The predicted molar refractivity (Wildman–Crippen MR) is 121 cm³/mol. The number of furan rings is 1. The van der Waals surface area contributed by atoms with Crippen LogP contribution in [-0.4, -0.2) is 25.4 Å². The van der Waals surface area contributed by atoms with Crippen LogP contribution in [0.1, 0.15) is 24.0 Å². The van der Waals surface area contributed by atoms with Crippen LogP contribution in [0.3, 0.4) is 0 Å². The van der Waals surface area contributed by atoms with Gasteiger partial charge in [0.1, 0.15) is 24.1 Å². The number of nitrogens with two attached hydrogens (primary N) is 2. The molecule has 1 amide bonds. The number of imidazole rings is 1. The highest BCUT2D eigenvalue weighted by Crippen LogP contribution is 2.41. The monoisotopic (exact) mass is 464 g/mol. The van der Waals surface area contributed by atoms with Crippen LogP contribution in [0.2, 0.25) is 0 Å². The number of amides is 1. The van der Waals surface area contributed by atoms with Crippen molar-refractivity contribution in [1.82, 2.24) is 19.5 Å². The Kier molecular flexibility index (Phi) is 5.38. The molecule has 1 aromatic carbocycles. The van der Waals surface area contributed by atoms with E-state index in [0.717, 1.165) is 22.6 Å². The van der Waals surface area contributed by atoms with Gasteiger partial charge in [0.2, 0.25) is 11.0 Å². The highest BCUT2D eigenvalue weighted by atomic mass is 32.2. The Morgan fingerprint density at radius 1 is 1.21 bits per heavy atom. The van der Waals surface area contributed by atoms with E-state index in [1.54, 1.807) is 4.57 Å². The summed E-state index contributed by atoms with van der Waals surface area (Å²) in [7, 11) is 0. The molecule has 11 heteroatoms. The number of thioether (sulfide) groups is 1. The van der Waals surface area contributed by atoms with E-state index in [-0.39, 0.29) is 12.2 Å². The van der Waals surface area contributed by atoms with Crippen molar-refractivity contribution in [2.75, 3.05) is 5.73 Å². The molecule has 4 heterocycles. The Morgan fingerprint density at radius 3 is 2.85 bits per heavy atom. The molecule has 0 aliphatic carbocycles. The zero-order chi connectivity index (χ0) is 22.9. The Bertz CT molecular complexity index is 1380. The molecule has 168 valence electrons. The molecule has 5 rings (SSSR count). The average molecular weight is 465 g/mol. The third-order valence-electron chi connectivity index (χ3n) is 5.03. The van der Waals surface area contributed by atoms with Crippen LogP contribution in [0.25, 0.3) is 22.5 Å². The van der Waals surface area contributed by atoms with E-state index in [9.17, 15) is 4.79 Å². The SMILES string of the molecule is Cc1ccc(-c2ccccc2C2OC=C(Sc3nc4c(N)ncnc4n3CCC(N)=O)O2)o1. The molecule has 0 bridgehead atoms. The van der Waals surface area contributed by atoms with Crippen molar-refractivity contribution in [2.45, 2.75) is 31.3 Å². The van der Waals surface area contributed by atoms with Crippen LogP contribution in [0.4, 0.5) is 5.82 Å². The Morgan fingerprint density at radius 2 is 2.06 bits per heavy atom. The number of aryl methyl sites for hydroxylation is 2. The van der Waals surface area contributed by atoms with Gasteiger partial charge >= 0.3 is 0 Å². The normalized spacial score (nSPS) is 15.3. The fourth-order valence-electron chi connectivity index (χ4n) is 3.49. The minimum absolute atomic E-state index is 0.123. The number of nitrogen functional groups attached to an aromatic ring is 1. The number of rotatable bonds is 7. The second-order valence-electron chi connectivity index (χ2n) is 7.32. The number of hydrogen-bond donors (Lipinski definition) is 2. The molecule has 0 fully saturated rings. The van der Waals surface area contributed by atoms with Crippen LogP contribution < -0.4 is 11.5 Å². The van der Waals surface area contributed by atoms with Gasteiger partial charge in [-0.05, 0) is 30.8 Å². The number of primary amides is 1. The van der Waals surface area contributed by atoms with E-state index in [1.807, 2.05) is 43.3 Å². The van der Waals surface area contributed by atoms with E-state index in [1.165, 1.54) is 24.4 Å². The molecule has 0 spiro atoms. The highest BCUT2D eigenvalue weighted by Gasteiger charge is 2.28. The molecule has 1 aliphatic rings. The maximum Gasteiger partial charge on any atom is 0.268 e. The molecule has 1 atom stereocenters. The minimum Gasteiger partial charge on any atom is -0.461 e. The number of fused-ring (bicyclic) bond motifs is 1. The van der Waals surface area contributed by atoms with Gasteiger partial charge in [0, 0.05) is 24.1 Å². The predicted octanol–water partition coefficient (Wildman–Crippen LogP) is 3.49. The van der Waals surface area contributed by atoms with Gasteiger partial charge in [-0.25, -0.2) is 15.0 Å². The number of benzene rings is 1. The molecular weight excluding hydrogens is 444 g/mol. The van der Waals surface area contributed by atoms with E-state index in [4.69, 9.17) is 25.4 Å². The lowest BCUT2D eigenvalue weighted by molar-refractivity contribution is -0.118. The second kappa shape index (κ2) is 8.51. The first-order chi connectivity index (χ1) is 16.0. The van der Waals surface area contributed by atoms with Crippen molar-refractivity contribution in [1.29, 1.82) is 0 Å². The number of anilines is 1. The molecule has 1 aliphatic heterocycles. The maximum atomic E-state index is 11.4. The molecule has 4 N–H and O–H groups in total. The van der Waals surface area contributed by atoms with Crippen LogP contribution >= 0.6 is 11.8 Å². The summed E-state index contributed by atoms with van der Waals surface area (Å²) in [6.07, 6.45) is 2.36. The molecule has 1 unspecified atom stereocenters. The van der Waals surface area contributed by atoms with E-state index < -0.39 is 12.2 Å². The topological polar surface area (TPSA) is 144 Å². The lowest BCUT2D eigenvalue weighted by atomic mass is 10.1. The van der Waals surface area contributed by atoms with Crippen molar-refractivity contribution < 1.29 is 18.7 Å². The van der Waals surface area contributed by atoms with Gasteiger partial charge in [-0.1, -0.05) is 24.3 Å². The Balaban J connectivity index is 1.40. The lowest BCUT2D eigenvalue weighted by Gasteiger charge is -2.15. The van der Waals surface area contributed by atoms with Gasteiger partial charge in [-0.15, -0.1) is 0 Å². The second-order valence-corrected chi connectivity index (χ2v) is 8.29. The summed E-state index contributed by atoms with van der Waals surface area (Å²) in [5.74, 6) is 1.37. The molecule has 4 aromatic rings. The largest absolute Gasteiger partial charge is 0.461 e. The highest BCUT2D eigenvalue weighted by molar-refractivity contribution is 8.02. The maximum absolute atomic E-state index is 11.4. The number of carbonyl (C=O) groups is 1. The summed E-state index contributed by atoms with van der Waals surface area (Å²) in [5, 5.41) is 1.02. The minimum atomic E-state index is -0.651. The molecule has 0 radical (unpaired) electrons. The summed E-state index contributed by atoms with van der Waals surface area (Å²) < 4.78 is 19.4. The molecule has 3 aromatic heterocycles. The fraction of sp³-hybridized carbons (Fsp3) is 0.182. The van der Waals surface area contributed by atoms with Crippen molar-refractivity contribution in [3.05, 3.63) is 65.4 Å². The fourth-order valence-corrected chi connectivity index (χ4v) is 4.34. The molecule has 33 heavy (non-hydrogen) atoms. The Labute approximate surface area is 192 Å². The van der Waals surface area contributed by atoms with Crippen LogP contribution in [0.15, 0.2) is 63.7 Å². The van der Waals surface area contributed by atoms with Crippen LogP contribution in [0, 0.1) is 6.92 Å². The first kappa shape index (κ1) is 20.9. The summed E-state index contributed by atoms with van der Waals surface area (Å²) in [6.45, 7) is 2.19. The standard InChI is InChI=1S/C22H20N6O4S/c1-12-6-7-15(31-12)13-4-2-3-5-14(13)21-30-10-17(32-21)33-22-27-18-19(24)25-11-26-20(18)28(22)9-8-16(23)29/h2-7,10-11,21H,8-9H2,1H3,(H2,23,29)(H2,24,25,26). The Hall–Kier alpha value is -3.99. The smallest absolute Gasteiger partial charge is 0.268 e. The average Bonchev–Trinajstić information content (AvgIpc) is 3.52. The number of carbonyl (C=O) groups excluding carboxylic acids is 1. The van der Waals surface area contributed by atoms with Crippen molar-refractivity contribution in [2.24, 2.45) is 5.73 Å². The first-order valence-corrected chi connectivity index (χ1v) is 10.9. The summed E-state index contributed by atoms with van der Waals surface area (Å²) in [4.78, 5) is 24.2. The van der Waals surface area contributed by atoms with Crippen molar-refractivity contribution >= 4 is 34.7 Å². The van der Waals surface area contributed by atoms with Gasteiger partial charge in [0.25, 0.3) is 6.29 Å². The number of hydrogen-bond acceptors (Lipinski definition) is 9. The molecule has 10 nitrogen and oxygen atoms in total. The van der Waals surface area contributed by atoms with E-state index in [2.05, 4.69) is 15.0 Å².